The molecule has 8 unspecified atom stereocenters. The highest BCUT2D eigenvalue weighted by molar-refractivity contribution is 7.82. The first-order valence-corrected chi connectivity index (χ1v) is 13.6. The number of nitrogens with zero attached hydrogens (tertiary/aromatic N) is 1. The molecule has 0 aliphatic heterocycles. The van der Waals surface area contributed by atoms with E-state index >= 15 is 0 Å². The summed E-state index contributed by atoms with van der Waals surface area (Å²) in [5.41, 5.74) is 4.80. The van der Waals surface area contributed by atoms with Gasteiger partial charge in [0.1, 0.15) is 0 Å². The number of aryl methyl sites for hydroxylation is 2. The van der Waals surface area contributed by atoms with Gasteiger partial charge in [0.25, 0.3) is 0 Å². The molecule has 0 bridgehead atoms. The topological polar surface area (TPSA) is 12.9 Å². The van der Waals surface area contributed by atoms with Crippen LogP contribution in [-0.4, -0.2) is 9.73 Å². The minimum absolute atomic E-state index is 0.221. The van der Waals surface area contributed by atoms with Gasteiger partial charge in [-0.2, -0.15) is 12.6 Å². The molecule has 0 amide bonds. The highest BCUT2D eigenvalue weighted by Gasteiger charge is 2.59. The Morgan fingerprint density at radius 3 is 2.74 bits per heavy atom. The predicted molar refractivity (Wildman–Crippen MR) is 134 cm³/mol. The van der Waals surface area contributed by atoms with E-state index in [0.717, 1.165) is 41.2 Å². The fourth-order valence-electron chi connectivity index (χ4n) is 8.67. The summed E-state index contributed by atoms with van der Waals surface area (Å²) in [6.07, 6.45) is 18.3. The van der Waals surface area contributed by atoms with E-state index in [0.29, 0.717) is 5.41 Å². The standard InChI is InChI=1S/C29H43NS/c1-19-13-16-29(31)23(17-19)9-10-24-26-12-11-25(28(26,4)15-14-27(24)29)20(2)5-7-22-8-6-21(3)30-18-22/h6,8-9,18-20,24-27,31H,5,7,10-17H2,1-4H3. The summed E-state index contributed by atoms with van der Waals surface area (Å²) in [6.45, 7) is 9.75. The SMILES string of the molecule is Cc1ccc(CCC(C)C2CCC3C4CC=C5CC(C)CCC5(S)C4CCC23C)cn1. The average molecular weight is 438 g/mol. The number of thiol groups is 1. The van der Waals surface area contributed by atoms with Crippen molar-refractivity contribution in [2.24, 2.45) is 40.9 Å². The van der Waals surface area contributed by atoms with Crippen molar-refractivity contribution in [3.05, 3.63) is 41.2 Å². The van der Waals surface area contributed by atoms with Gasteiger partial charge in [0.05, 0.1) is 0 Å². The van der Waals surface area contributed by atoms with Crippen LogP contribution in [0, 0.1) is 47.8 Å². The summed E-state index contributed by atoms with van der Waals surface area (Å²) < 4.78 is 0.221. The molecule has 31 heavy (non-hydrogen) atoms. The van der Waals surface area contributed by atoms with Crippen LogP contribution in [0.2, 0.25) is 0 Å². The van der Waals surface area contributed by atoms with Gasteiger partial charge in [0.15, 0.2) is 0 Å². The summed E-state index contributed by atoms with van der Waals surface area (Å²) in [5.74, 6) is 5.19. The van der Waals surface area contributed by atoms with Crippen LogP contribution in [0.25, 0.3) is 0 Å². The van der Waals surface area contributed by atoms with E-state index in [1.807, 2.05) is 0 Å². The first kappa shape index (κ1) is 22.1. The van der Waals surface area contributed by atoms with Gasteiger partial charge >= 0.3 is 0 Å². The number of rotatable bonds is 4. The van der Waals surface area contributed by atoms with Gasteiger partial charge in [-0.1, -0.05) is 38.5 Å². The van der Waals surface area contributed by atoms with E-state index in [1.54, 1.807) is 5.57 Å². The molecule has 3 saturated carbocycles. The van der Waals surface area contributed by atoms with E-state index in [4.69, 9.17) is 12.6 Å². The van der Waals surface area contributed by atoms with Crippen LogP contribution in [0.4, 0.5) is 0 Å². The minimum Gasteiger partial charge on any atom is -0.261 e. The number of aromatic nitrogens is 1. The van der Waals surface area contributed by atoms with Crippen molar-refractivity contribution in [3.63, 3.8) is 0 Å². The number of pyridine rings is 1. The first-order chi connectivity index (χ1) is 14.8. The van der Waals surface area contributed by atoms with Crippen molar-refractivity contribution in [2.45, 2.75) is 96.7 Å². The van der Waals surface area contributed by atoms with E-state index in [2.05, 4.69) is 57.1 Å². The van der Waals surface area contributed by atoms with Crippen LogP contribution in [0.5, 0.6) is 0 Å². The highest BCUT2D eigenvalue weighted by Crippen LogP contribution is 2.66. The number of hydrogen-bond donors (Lipinski definition) is 1. The van der Waals surface area contributed by atoms with Crippen molar-refractivity contribution >= 4 is 12.6 Å². The molecule has 170 valence electrons. The van der Waals surface area contributed by atoms with Crippen LogP contribution in [-0.2, 0) is 6.42 Å². The smallest absolute Gasteiger partial charge is 0.0372 e. The molecule has 4 aliphatic carbocycles. The molecule has 3 fully saturated rings. The molecule has 8 atom stereocenters. The maximum absolute atomic E-state index is 5.47. The second-order valence-electron chi connectivity index (χ2n) is 12.2. The molecule has 5 rings (SSSR count). The molecule has 1 heterocycles. The molecule has 0 N–H and O–H groups in total. The molecule has 0 aromatic carbocycles. The Morgan fingerprint density at radius 2 is 1.97 bits per heavy atom. The van der Waals surface area contributed by atoms with Gasteiger partial charge in [-0.05, 0) is 124 Å². The summed E-state index contributed by atoms with van der Waals surface area (Å²) in [7, 11) is 0. The van der Waals surface area contributed by atoms with Gasteiger partial charge in [0.2, 0.25) is 0 Å². The van der Waals surface area contributed by atoms with Crippen molar-refractivity contribution in [1.82, 2.24) is 4.98 Å². The Kier molecular flexibility index (Phi) is 5.85. The van der Waals surface area contributed by atoms with Crippen molar-refractivity contribution in [1.29, 1.82) is 0 Å². The van der Waals surface area contributed by atoms with Gasteiger partial charge in [-0.25, -0.2) is 0 Å². The third kappa shape index (κ3) is 3.73. The zero-order chi connectivity index (χ0) is 21.8. The molecule has 1 aromatic heterocycles. The molecule has 1 nitrogen and oxygen atoms in total. The van der Waals surface area contributed by atoms with Gasteiger partial charge < -0.3 is 0 Å². The second-order valence-corrected chi connectivity index (χ2v) is 13.0. The summed E-state index contributed by atoms with van der Waals surface area (Å²) >= 11 is 5.47. The second kappa shape index (κ2) is 8.23. The molecule has 2 heteroatoms. The minimum atomic E-state index is 0.221. The van der Waals surface area contributed by atoms with Gasteiger partial charge in [-0.3, -0.25) is 4.98 Å². The Balaban J connectivity index is 1.30. The first-order valence-electron chi connectivity index (χ1n) is 13.1. The highest BCUT2D eigenvalue weighted by atomic mass is 32.1. The summed E-state index contributed by atoms with van der Waals surface area (Å²) in [5, 5.41) is 0. The lowest BCUT2D eigenvalue weighted by Gasteiger charge is -2.58. The Morgan fingerprint density at radius 1 is 1.13 bits per heavy atom. The normalized spacial score (nSPS) is 42.9. The average Bonchev–Trinajstić information content (AvgIpc) is 3.11. The molecule has 0 saturated heterocycles. The van der Waals surface area contributed by atoms with Gasteiger partial charge in [-0.15, -0.1) is 0 Å². The molecule has 1 aromatic rings. The third-order valence-corrected chi connectivity index (χ3v) is 11.3. The maximum atomic E-state index is 5.47. The molecule has 0 spiro atoms. The molecule has 0 radical (unpaired) electrons. The number of allylic oxidation sites excluding steroid dienone is 1. The molecule has 4 aliphatic rings. The van der Waals surface area contributed by atoms with Crippen LogP contribution < -0.4 is 0 Å². The lowest BCUT2D eigenvalue weighted by molar-refractivity contribution is -0.0188. The van der Waals surface area contributed by atoms with Crippen LogP contribution in [0.15, 0.2) is 30.0 Å². The van der Waals surface area contributed by atoms with Crippen molar-refractivity contribution in [2.75, 3.05) is 0 Å². The Labute approximate surface area is 196 Å². The molecular formula is C29H43NS. The Hall–Kier alpha value is -0.760. The van der Waals surface area contributed by atoms with Crippen molar-refractivity contribution < 1.29 is 0 Å². The zero-order valence-electron chi connectivity index (χ0n) is 20.2. The van der Waals surface area contributed by atoms with Crippen LogP contribution >= 0.6 is 12.6 Å². The zero-order valence-corrected chi connectivity index (χ0v) is 21.1. The van der Waals surface area contributed by atoms with E-state index in [9.17, 15) is 0 Å². The quantitative estimate of drug-likeness (QED) is 0.374. The fourth-order valence-corrected chi connectivity index (χ4v) is 9.30. The number of fused-ring (bicyclic) bond motifs is 5. The van der Waals surface area contributed by atoms with E-state index in [1.165, 1.54) is 69.8 Å². The van der Waals surface area contributed by atoms with Crippen LogP contribution in [0.3, 0.4) is 0 Å². The maximum Gasteiger partial charge on any atom is 0.0372 e. The summed E-state index contributed by atoms with van der Waals surface area (Å²) in [6, 6.07) is 4.45. The monoisotopic (exact) mass is 437 g/mol. The lowest BCUT2D eigenvalue weighted by atomic mass is 9.50. The summed E-state index contributed by atoms with van der Waals surface area (Å²) in [4.78, 5) is 4.51. The van der Waals surface area contributed by atoms with E-state index < -0.39 is 0 Å². The van der Waals surface area contributed by atoms with Gasteiger partial charge in [0, 0.05) is 16.6 Å². The lowest BCUT2D eigenvalue weighted by Crippen LogP contribution is -2.52. The van der Waals surface area contributed by atoms with Crippen LogP contribution in [0.1, 0.15) is 89.8 Å². The van der Waals surface area contributed by atoms with E-state index in [-0.39, 0.29) is 4.75 Å². The Bertz CT molecular complexity index is 828. The largest absolute Gasteiger partial charge is 0.261 e. The number of hydrogen-bond acceptors (Lipinski definition) is 2. The third-order valence-electron chi connectivity index (χ3n) is 10.5. The fraction of sp³-hybridized carbons (Fsp3) is 0.759. The predicted octanol–water partition coefficient (Wildman–Crippen LogP) is 7.84. The molecular weight excluding hydrogens is 394 g/mol. The van der Waals surface area contributed by atoms with Crippen molar-refractivity contribution in [3.8, 4) is 0 Å².